The lowest BCUT2D eigenvalue weighted by Gasteiger charge is -2.01. The van der Waals surface area contributed by atoms with Crippen molar-refractivity contribution >= 4 is 11.6 Å². The SMILES string of the molecule is C#CCn1ncc(Cl)c1C1CC1. The van der Waals surface area contributed by atoms with Crippen LogP contribution in [0.15, 0.2) is 6.20 Å². The van der Waals surface area contributed by atoms with Crippen LogP contribution in [-0.2, 0) is 6.54 Å². The molecule has 1 heterocycles. The van der Waals surface area contributed by atoms with Gasteiger partial charge in [-0.2, -0.15) is 5.10 Å². The lowest BCUT2D eigenvalue weighted by atomic mass is 10.3. The zero-order valence-corrected chi connectivity index (χ0v) is 7.38. The van der Waals surface area contributed by atoms with Crippen molar-refractivity contribution in [2.24, 2.45) is 0 Å². The van der Waals surface area contributed by atoms with Gasteiger partial charge < -0.3 is 0 Å². The first-order valence-electron chi connectivity index (χ1n) is 3.97. The molecule has 0 atom stereocenters. The highest BCUT2D eigenvalue weighted by Crippen LogP contribution is 2.42. The van der Waals surface area contributed by atoms with Crippen molar-refractivity contribution in [3.05, 3.63) is 16.9 Å². The number of halogens is 1. The fourth-order valence-electron chi connectivity index (χ4n) is 1.35. The Bertz CT molecular complexity index is 331. The van der Waals surface area contributed by atoms with Gasteiger partial charge >= 0.3 is 0 Å². The van der Waals surface area contributed by atoms with E-state index in [1.54, 1.807) is 6.20 Å². The maximum Gasteiger partial charge on any atom is 0.102 e. The number of rotatable bonds is 2. The van der Waals surface area contributed by atoms with Gasteiger partial charge in [-0.1, -0.05) is 17.5 Å². The maximum absolute atomic E-state index is 5.96. The van der Waals surface area contributed by atoms with Crippen LogP contribution in [0, 0.1) is 12.3 Å². The fraction of sp³-hybridized carbons (Fsp3) is 0.444. The molecule has 3 heteroatoms. The average Bonchev–Trinajstić information content (AvgIpc) is 2.80. The monoisotopic (exact) mass is 180 g/mol. The van der Waals surface area contributed by atoms with E-state index in [2.05, 4.69) is 11.0 Å². The molecule has 1 aromatic rings. The van der Waals surface area contributed by atoms with Gasteiger partial charge in [-0.05, 0) is 12.8 Å². The largest absolute Gasteiger partial charge is 0.256 e. The molecular formula is C9H9ClN2. The lowest BCUT2D eigenvalue weighted by molar-refractivity contribution is 0.670. The van der Waals surface area contributed by atoms with E-state index in [1.807, 2.05) is 4.68 Å². The molecule has 12 heavy (non-hydrogen) atoms. The van der Waals surface area contributed by atoms with Crippen molar-refractivity contribution in [2.75, 3.05) is 0 Å². The van der Waals surface area contributed by atoms with Crippen LogP contribution in [0.3, 0.4) is 0 Å². The van der Waals surface area contributed by atoms with Crippen molar-refractivity contribution in [2.45, 2.75) is 25.3 Å². The standard InChI is InChI=1S/C9H9ClN2/c1-2-5-12-9(7-3-4-7)8(10)6-11-12/h1,6-7H,3-5H2. The number of aromatic nitrogens is 2. The Morgan fingerprint density at radius 3 is 3.08 bits per heavy atom. The molecule has 0 unspecified atom stereocenters. The van der Waals surface area contributed by atoms with Crippen LogP contribution in [0.25, 0.3) is 0 Å². The molecule has 0 amide bonds. The van der Waals surface area contributed by atoms with Crippen LogP contribution in [0.4, 0.5) is 0 Å². The molecule has 0 radical (unpaired) electrons. The van der Waals surface area contributed by atoms with Gasteiger partial charge in [0.25, 0.3) is 0 Å². The van der Waals surface area contributed by atoms with E-state index in [0.717, 1.165) is 10.7 Å². The minimum atomic E-state index is 0.526. The summed E-state index contributed by atoms with van der Waals surface area (Å²) in [5.41, 5.74) is 1.12. The van der Waals surface area contributed by atoms with E-state index in [1.165, 1.54) is 12.8 Å². The molecule has 0 saturated heterocycles. The molecular weight excluding hydrogens is 172 g/mol. The second-order valence-electron chi connectivity index (χ2n) is 3.01. The van der Waals surface area contributed by atoms with Gasteiger partial charge in [-0.25, -0.2) is 0 Å². The summed E-state index contributed by atoms with van der Waals surface area (Å²) in [5.74, 6) is 3.17. The highest BCUT2D eigenvalue weighted by Gasteiger charge is 2.29. The summed E-state index contributed by atoms with van der Waals surface area (Å²) in [5, 5.41) is 4.87. The van der Waals surface area contributed by atoms with Crippen LogP contribution < -0.4 is 0 Å². The molecule has 0 bridgehead atoms. The first kappa shape index (κ1) is 7.70. The quantitative estimate of drug-likeness (QED) is 0.637. The van der Waals surface area contributed by atoms with E-state index in [-0.39, 0.29) is 0 Å². The molecule has 1 aliphatic rings. The molecule has 0 spiro atoms. The van der Waals surface area contributed by atoms with Crippen LogP contribution in [-0.4, -0.2) is 9.78 Å². The molecule has 1 aromatic heterocycles. The van der Waals surface area contributed by atoms with Gasteiger partial charge in [0.05, 0.1) is 16.9 Å². The molecule has 2 rings (SSSR count). The molecule has 2 nitrogen and oxygen atoms in total. The summed E-state index contributed by atoms with van der Waals surface area (Å²) in [6.07, 6.45) is 9.31. The predicted octanol–water partition coefficient (Wildman–Crippen LogP) is 2.05. The highest BCUT2D eigenvalue weighted by atomic mass is 35.5. The lowest BCUT2D eigenvalue weighted by Crippen LogP contribution is -2.02. The van der Waals surface area contributed by atoms with Gasteiger partial charge in [0.1, 0.15) is 6.54 Å². The first-order valence-corrected chi connectivity index (χ1v) is 4.35. The van der Waals surface area contributed by atoms with Gasteiger partial charge in [-0.15, -0.1) is 6.42 Å². The number of nitrogens with zero attached hydrogens (tertiary/aromatic N) is 2. The van der Waals surface area contributed by atoms with E-state index >= 15 is 0 Å². The fourth-order valence-corrected chi connectivity index (χ4v) is 1.64. The summed E-state index contributed by atoms with van der Waals surface area (Å²) in [6.45, 7) is 0.526. The van der Waals surface area contributed by atoms with Crippen molar-refractivity contribution in [1.82, 2.24) is 9.78 Å². The van der Waals surface area contributed by atoms with Crippen molar-refractivity contribution in [1.29, 1.82) is 0 Å². The molecule has 0 aliphatic heterocycles. The molecule has 0 aromatic carbocycles. The number of hydrogen-bond acceptors (Lipinski definition) is 1. The summed E-state index contributed by atoms with van der Waals surface area (Å²) in [7, 11) is 0. The Labute approximate surface area is 76.5 Å². The number of terminal acetylenes is 1. The Kier molecular flexibility index (Phi) is 1.82. The highest BCUT2D eigenvalue weighted by molar-refractivity contribution is 6.31. The third-order valence-electron chi connectivity index (χ3n) is 2.04. The van der Waals surface area contributed by atoms with E-state index < -0.39 is 0 Å². The minimum absolute atomic E-state index is 0.526. The smallest absolute Gasteiger partial charge is 0.102 e. The third-order valence-corrected chi connectivity index (χ3v) is 2.33. The Balaban J connectivity index is 2.34. The van der Waals surface area contributed by atoms with Gasteiger partial charge in [0.2, 0.25) is 0 Å². The number of hydrogen-bond donors (Lipinski definition) is 0. The van der Waals surface area contributed by atoms with Crippen molar-refractivity contribution < 1.29 is 0 Å². The van der Waals surface area contributed by atoms with E-state index in [4.69, 9.17) is 18.0 Å². The third kappa shape index (κ3) is 1.21. The molecule has 1 saturated carbocycles. The first-order chi connectivity index (χ1) is 5.83. The second kappa shape index (κ2) is 2.84. The second-order valence-corrected chi connectivity index (χ2v) is 3.42. The molecule has 1 aliphatic carbocycles. The molecule has 62 valence electrons. The average molecular weight is 181 g/mol. The topological polar surface area (TPSA) is 17.8 Å². The molecule has 1 fully saturated rings. The van der Waals surface area contributed by atoms with Gasteiger partial charge in [0.15, 0.2) is 0 Å². The van der Waals surface area contributed by atoms with Gasteiger partial charge in [0, 0.05) is 5.92 Å². The summed E-state index contributed by atoms with van der Waals surface area (Å²) in [6, 6.07) is 0. The predicted molar refractivity (Wildman–Crippen MR) is 48.0 cm³/mol. The van der Waals surface area contributed by atoms with Crippen LogP contribution in [0.5, 0.6) is 0 Å². The van der Waals surface area contributed by atoms with Crippen LogP contribution >= 0.6 is 11.6 Å². The summed E-state index contributed by atoms with van der Waals surface area (Å²) >= 11 is 5.96. The molecule has 0 N–H and O–H groups in total. The maximum atomic E-state index is 5.96. The van der Waals surface area contributed by atoms with Crippen molar-refractivity contribution in [3.8, 4) is 12.3 Å². The minimum Gasteiger partial charge on any atom is -0.256 e. The van der Waals surface area contributed by atoms with Gasteiger partial charge in [-0.3, -0.25) is 4.68 Å². The van der Waals surface area contributed by atoms with Crippen LogP contribution in [0.2, 0.25) is 5.02 Å². The normalized spacial score (nSPS) is 16.0. The summed E-state index contributed by atoms with van der Waals surface area (Å²) in [4.78, 5) is 0. The zero-order chi connectivity index (χ0) is 8.55. The summed E-state index contributed by atoms with van der Waals surface area (Å²) < 4.78 is 1.82. The van der Waals surface area contributed by atoms with E-state index in [9.17, 15) is 0 Å². The Morgan fingerprint density at radius 2 is 2.50 bits per heavy atom. The zero-order valence-electron chi connectivity index (χ0n) is 6.63. The Morgan fingerprint density at radius 1 is 1.75 bits per heavy atom. The van der Waals surface area contributed by atoms with Crippen molar-refractivity contribution in [3.63, 3.8) is 0 Å². The van der Waals surface area contributed by atoms with Crippen LogP contribution in [0.1, 0.15) is 24.5 Å². The van der Waals surface area contributed by atoms with E-state index in [0.29, 0.717) is 12.5 Å². The Hall–Kier alpha value is -0.940.